The van der Waals surface area contributed by atoms with Gasteiger partial charge in [0.1, 0.15) is 28.9 Å². The summed E-state index contributed by atoms with van der Waals surface area (Å²) in [5, 5.41) is 0. The number of cyclic esters (lactones) is 1. The molecule has 5 nitrogen and oxygen atoms in total. The van der Waals surface area contributed by atoms with Gasteiger partial charge in [-0.3, -0.25) is 0 Å². The second-order valence-corrected chi connectivity index (χ2v) is 8.45. The Balaban J connectivity index is 2.17. The summed E-state index contributed by atoms with van der Waals surface area (Å²) in [5.41, 5.74) is -0.297. The first-order chi connectivity index (χ1) is 13.8. The number of sulfone groups is 1. The molecular formula is C19H13F5O5S. The van der Waals surface area contributed by atoms with Crippen molar-refractivity contribution in [2.24, 2.45) is 0 Å². The fourth-order valence-electron chi connectivity index (χ4n) is 3.00. The highest BCUT2D eigenvalue weighted by atomic mass is 32.2. The molecule has 0 radical (unpaired) electrons. The lowest BCUT2D eigenvalue weighted by molar-refractivity contribution is -0.274. The van der Waals surface area contributed by atoms with Crippen LogP contribution < -0.4 is 4.74 Å². The van der Waals surface area contributed by atoms with Crippen LogP contribution in [0.5, 0.6) is 5.75 Å². The zero-order chi connectivity index (χ0) is 22.4. The van der Waals surface area contributed by atoms with Gasteiger partial charge in [-0.25, -0.2) is 22.0 Å². The van der Waals surface area contributed by atoms with Gasteiger partial charge in [-0.1, -0.05) is 12.1 Å². The van der Waals surface area contributed by atoms with E-state index < -0.39 is 51.1 Å². The van der Waals surface area contributed by atoms with Gasteiger partial charge in [-0.2, -0.15) is 0 Å². The molecular weight excluding hydrogens is 435 g/mol. The van der Waals surface area contributed by atoms with Crippen molar-refractivity contribution >= 4 is 27.0 Å². The van der Waals surface area contributed by atoms with Gasteiger partial charge >= 0.3 is 12.3 Å². The average molecular weight is 448 g/mol. The third-order valence-corrected chi connectivity index (χ3v) is 5.41. The Morgan fingerprint density at radius 2 is 1.63 bits per heavy atom. The highest BCUT2D eigenvalue weighted by Gasteiger charge is 2.33. The van der Waals surface area contributed by atoms with E-state index in [2.05, 4.69) is 4.74 Å². The van der Waals surface area contributed by atoms with E-state index in [-0.39, 0.29) is 27.8 Å². The highest BCUT2D eigenvalue weighted by Crippen LogP contribution is 2.37. The van der Waals surface area contributed by atoms with E-state index in [1.54, 1.807) is 0 Å². The van der Waals surface area contributed by atoms with Crippen LogP contribution in [0.3, 0.4) is 0 Å². The molecule has 0 amide bonds. The number of carbonyl (C=O) groups is 1. The van der Waals surface area contributed by atoms with Crippen LogP contribution in [-0.2, 0) is 19.4 Å². The topological polar surface area (TPSA) is 69.7 Å². The Kier molecular flexibility index (Phi) is 5.35. The molecule has 3 rings (SSSR count). The lowest BCUT2D eigenvalue weighted by Crippen LogP contribution is -2.18. The van der Waals surface area contributed by atoms with Gasteiger partial charge < -0.3 is 9.47 Å². The smallest absolute Gasteiger partial charge is 0.457 e. The number of alkyl halides is 3. The lowest BCUT2D eigenvalue weighted by Gasteiger charge is -2.13. The molecule has 0 aromatic heterocycles. The third-order valence-electron chi connectivity index (χ3n) is 4.27. The van der Waals surface area contributed by atoms with E-state index >= 15 is 0 Å². The van der Waals surface area contributed by atoms with Gasteiger partial charge in [0, 0.05) is 11.8 Å². The number of esters is 1. The molecule has 0 atom stereocenters. The molecule has 0 spiro atoms. The fourth-order valence-corrected chi connectivity index (χ4v) is 3.83. The predicted molar refractivity (Wildman–Crippen MR) is 95.1 cm³/mol. The minimum Gasteiger partial charge on any atom is -0.457 e. The van der Waals surface area contributed by atoms with E-state index in [1.165, 1.54) is 19.1 Å². The van der Waals surface area contributed by atoms with Gasteiger partial charge in [-0.15, -0.1) is 13.2 Å². The second kappa shape index (κ2) is 7.38. The molecule has 0 aliphatic carbocycles. The first kappa shape index (κ1) is 21.8. The normalized spacial score (nSPS) is 14.8. The maximum Gasteiger partial charge on any atom is 0.573 e. The zero-order valence-corrected chi connectivity index (χ0v) is 16.2. The lowest BCUT2D eigenvalue weighted by atomic mass is 9.95. The molecule has 1 aliphatic heterocycles. The molecule has 0 saturated heterocycles. The van der Waals surface area contributed by atoms with Crippen molar-refractivity contribution in [2.45, 2.75) is 18.2 Å². The summed E-state index contributed by atoms with van der Waals surface area (Å²) < 4.78 is 98.3. The van der Waals surface area contributed by atoms with E-state index in [0.717, 1.165) is 18.2 Å². The predicted octanol–water partition coefficient (Wildman–Crippen LogP) is 4.04. The van der Waals surface area contributed by atoms with Gasteiger partial charge in [0.25, 0.3) is 0 Å². The van der Waals surface area contributed by atoms with Crippen LogP contribution in [0.4, 0.5) is 22.0 Å². The van der Waals surface area contributed by atoms with E-state index in [0.29, 0.717) is 6.26 Å². The number of halogens is 5. The average Bonchev–Trinajstić information content (AvgIpc) is 2.95. The van der Waals surface area contributed by atoms with Gasteiger partial charge in [0.15, 0.2) is 9.84 Å². The maximum absolute atomic E-state index is 14.3. The first-order valence-corrected chi connectivity index (χ1v) is 10.1. The number of hydrogen-bond donors (Lipinski definition) is 0. The van der Waals surface area contributed by atoms with Crippen LogP contribution >= 0.6 is 0 Å². The minimum atomic E-state index is -4.97. The van der Waals surface area contributed by atoms with Gasteiger partial charge in [-0.05, 0) is 41.8 Å². The quantitative estimate of drug-likeness (QED) is 0.522. The number of aryl methyl sites for hydroxylation is 1. The Bertz CT molecular complexity index is 1160. The molecule has 2 aromatic rings. The Morgan fingerprint density at radius 3 is 2.17 bits per heavy atom. The molecule has 0 N–H and O–H groups in total. The summed E-state index contributed by atoms with van der Waals surface area (Å²) in [4.78, 5) is 11.1. The molecule has 160 valence electrons. The second-order valence-electron chi connectivity index (χ2n) is 6.50. The Morgan fingerprint density at radius 1 is 1.03 bits per heavy atom. The number of ether oxygens (including phenoxy) is 2. The van der Waals surface area contributed by atoms with Crippen molar-refractivity contribution in [3.63, 3.8) is 0 Å². The minimum absolute atomic E-state index is 0.0142. The van der Waals surface area contributed by atoms with Crippen LogP contribution in [0.15, 0.2) is 35.2 Å². The van der Waals surface area contributed by atoms with Crippen LogP contribution in [0, 0.1) is 18.6 Å². The van der Waals surface area contributed by atoms with Crippen molar-refractivity contribution in [1.29, 1.82) is 0 Å². The monoisotopic (exact) mass is 448 g/mol. The van der Waals surface area contributed by atoms with E-state index in [9.17, 15) is 35.2 Å². The largest absolute Gasteiger partial charge is 0.573 e. The van der Waals surface area contributed by atoms with Crippen LogP contribution in [-0.4, -0.2) is 33.6 Å². The fraction of sp³-hybridized carbons (Fsp3) is 0.211. The van der Waals surface area contributed by atoms with Crippen LogP contribution in [0.25, 0.3) is 11.1 Å². The summed E-state index contributed by atoms with van der Waals surface area (Å²) in [5.74, 6) is -4.22. The molecule has 30 heavy (non-hydrogen) atoms. The van der Waals surface area contributed by atoms with Crippen molar-refractivity contribution in [3.05, 3.63) is 58.7 Å². The Labute approximate surface area is 167 Å². The molecule has 0 unspecified atom stereocenters. The van der Waals surface area contributed by atoms with Crippen molar-refractivity contribution < 1.29 is 44.6 Å². The SMILES string of the molecule is Cc1ccc(C2=C(c3cc(F)c(S(C)(=O)=O)c(F)c3)COC2=O)cc1OC(F)(F)F. The first-order valence-electron chi connectivity index (χ1n) is 8.24. The van der Waals surface area contributed by atoms with E-state index in [4.69, 9.17) is 4.74 Å². The maximum atomic E-state index is 14.3. The summed E-state index contributed by atoms with van der Waals surface area (Å²) in [6, 6.07) is 5.01. The molecule has 0 fully saturated rings. The zero-order valence-electron chi connectivity index (χ0n) is 15.4. The standard InChI is InChI=1S/C19H13F5O5S/c1-9-3-4-10(7-15(9)29-19(22,23)24)16-12(8-28-18(16)25)11-5-13(20)17(14(21)6-11)30(2,26)27/h3-7H,8H2,1-2H3. The highest BCUT2D eigenvalue weighted by molar-refractivity contribution is 7.90. The van der Waals surface area contributed by atoms with Gasteiger partial charge in [0.2, 0.25) is 0 Å². The number of rotatable bonds is 4. The third kappa shape index (κ3) is 4.30. The molecule has 1 heterocycles. The summed E-state index contributed by atoms with van der Waals surface area (Å²) in [7, 11) is -4.20. The number of carbonyl (C=O) groups excluding carboxylic acids is 1. The van der Waals surface area contributed by atoms with Crippen molar-refractivity contribution in [1.82, 2.24) is 0 Å². The van der Waals surface area contributed by atoms with Crippen LogP contribution in [0.1, 0.15) is 16.7 Å². The molecule has 0 bridgehead atoms. The number of hydrogen-bond acceptors (Lipinski definition) is 5. The van der Waals surface area contributed by atoms with E-state index in [1.807, 2.05) is 0 Å². The summed E-state index contributed by atoms with van der Waals surface area (Å²) >= 11 is 0. The Hall–Kier alpha value is -2.95. The number of benzene rings is 2. The van der Waals surface area contributed by atoms with Gasteiger partial charge in [0.05, 0.1) is 5.57 Å². The molecule has 1 aliphatic rings. The molecule has 11 heteroatoms. The van der Waals surface area contributed by atoms with Crippen molar-refractivity contribution in [3.8, 4) is 5.75 Å². The molecule has 2 aromatic carbocycles. The molecule has 0 saturated carbocycles. The van der Waals surface area contributed by atoms with Crippen LogP contribution in [0.2, 0.25) is 0 Å². The summed E-state index contributed by atoms with van der Waals surface area (Å²) in [6.07, 6.45) is -4.33. The van der Waals surface area contributed by atoms with Crippen molar-refractivity contribution in [2.75, 3.05) is 12.9 Å². The summed E-state index contributed by atoms with van der Waals surface area (Å²) in [6.45, 7) is 0.955.